The smallest absolute Gasteiger partial charge is 0.0867 e. The first-order valence-electron chi connectivity index (χ1n) is 8.74. The van der Waals surface area contributed by atoms with E-state index in [1.807, 2.05) is 73.0 Å². The van der Waals surface area contributed by atoms with E-state index in [-0.39, 0.29) is 11.4 Å². The second-order valence-electron chi connectivity index (χ2n) is 6.13. The summed E-state index contributed by atoms with van der Waals surface area (Å²) in [5.41, 5.74) is 5.06. The number of hydrogen-bond donors (Lipinski definition) is 2. The molecule has 1 aliphatic carbocycles. The molecular formula is C24H21N3. The molecule has 0 saturated carbocycles. The van der Waals surface area contributed by atoms with Crippen LogP contribution >= 0.6 is 0 Å². The van der Waals surface area contributed by atoms with Crippen molar-refractivity contribution in [3.05, 3.63) is 120 Å². The third-order valence-electron chi connectivity index (χ3n) is 4.26. The van der Waals surface area contributed by atoms with Crippen molar-refractivity contribution in [2.24, 2.45) is 0 Å². The van der Waals surface area contributed by atoms with Gasteiger partial charge in [-0.25, -0.2) is 0 Å². The predicted octanol–water partition coefficient (Wildman–Crippen LogP) is 5.36. The summed E-state index contributed by atoms with van der Waals surface area (Å²) in [6.07, 6.45) is 15.8. The topological polar surface area (TPSA) is 60.6 Å². The summed E-state index contributed by atoms with van der Waals surface area (Å²) in [6, 6.07) is 13.9. The van der Waals surface area contributed by atoms with Gasteiger partial charge < -0.3 is 0 Å². The van der Waals surface area contributed by atoms with E-state index < -0.39 is 0 Å². The number of rotatable bonds is 6. The van der Waals surface area contributed by atoms with Crippen LogP contribution in [0, 0.1) is 10.8 Å². The van der Waals surface area contributed by atoms with Crippen LogP contribution in [0.3, 0.4) is 0 Å². The molecule has 0 saturated heterocycles. The first kappa shape index (κ1) is 18.2. The third kappa shape index (κ3) is 4.53. The quantitative estimate of drug-likeness (QED) is 0.534. The Bertz CT molecular complexity index is 975. The highest BCUT2D eigenvalue weighted by molar-refractivity contribution is 6.53. The number of nitrogens with one attached hydrogen (secondary N) is 2. The minimum Gasteiger partial charge on any atom is -0.299 e. The maximum Gasteiger partial charge on any atom is 0.0867 e. The van der Waals surface area contributed by atoms with Gasteiger partial charge in [-0.05, 0) is 46.9 Å². The molecule has 2 N–H and O–H groups in total. The van der Waals surface area contributed by atoms with Gasteiger partial charge in [0, 0.05) is 18.0 Å². The van der Waals surface area contributed by atoms with Crippen molar-refractivity contribution in [3.8, 4) is 0 Å². The highest BCUT2D eigenvalue weighted by Gasteiger charge is 2.18. The maximum absolute atomic E-state index is 8.29. The number of benzene rings is 1. The molecule has 0 radical (unpaired) electrons. The summed E-state index contributed by atoms with van der Waals surface area (Å²) in [5, 5.41) is 16.5. The molecule has 1 aliphatic rings. The monoisotopic (exact) mass is 351 g/mol. The van der Waals surface area contributed by atoms with Gasteiger partial charge in [0.15, 0.2) is 0 Å². The molecule has 3 nitrogen and oxygen atoms in total. The van der Waals surface area contributed by atoms with E-state index in [9.17, 15) is 0 Å². The summed E-state index contributed by atoms with van der Waals surface area (Å²) in [5.74, 6) is 0. The number of allylic oxidation sites excluding steroid dienone is 9. The molecule has 0 spiro atoms. The second kappa shape index (κ2) is 8.68. The van der Waals surface area contributed by atoms with E-state index in [2.05, 4.69) is 11.6 Å². The zero-order valence-electron chi connectivity index (χ0n) is 15.0. The van der Waals surface area contributed by atoms with Gasteiger partial charge in [-0.15, -0.1) is 0 Å². The van der Waals surface area contributed by atoms with Gasteiger partial charge in [0.25, 0.3) is 0 Å². The van der Waals surface area contributed by atoms with Crippen LogP contribution in [0.15, 0.2) is 109 Å². The van der Waals surface area contributed by atoms with E-state index in [4.69, 9.17) is 10.8 Å². The SMILES string of the molecule is C=C/C(=C\C=C/Cc1cccnc1)C1=CC(c2ccccc2)=CC(=N)C1=N. The summed E-state index contributed by atoms with van der Waals surface area (Å²) < 4.78 is 0. The van der Waals surface area contributed by atoms with Crippen LogP contribution in [0.2, 0.25) is 0 Å². The Balaban J connectivity index is 1.85. The summed E-state index contributed by atoms with van der Waals surface area (Å²) >= 11 is 0. The summed E-state index contributed by atoms with van der Waals surface area (Å²) in [7, 11) is 0. The largest absolute Gasteiger partial charge is 0.299 e. The molecule has 132 valence electrons. The molecule has 1 aromatic carbocycles. The Morgan fingerprint density at radius 3 is 2.56 bits per heavy atom. The van der Waals surface area contributed by atoms with Crippen LogP contribution in [0.1, 0.15) is 11.1 Å². The minimum atomic E-state index is 0.207. The van der Waals surface area contributed by atoms with Gasteiger partial charge in [0.1, 0.15) is 0 Å². The molecule has 0 aliphatic heterocycles. The molecule has 1 aromatic heterocycles. The molecule has 1 heterocycles. The minimum absolute atomic E-state index is 0.207. The predicted molar refractivity (Wildman–Crippen MR) is 113 cm³/mol. The number of hydrogen-bond acceptors (Lipinski definition) is 3. The van der Waals surface area contributed by atoms with E-state index in [1.165, 1.54) is 0 Å². The van der Waals surface area contributed by atoms with Crippen molar-refractivity contribution in [1.82, 2.24) is 4.98 Å². The lowest BCUT2D eigenvalue weighted by atomic mass is 9.88. The van der Waals surface area contributed by atoms with Gasteiger partial charge in [-0.2, -0.15) is 0 Å². The average molecular weight is 351 g/mol. The second-order valence-corrected chi connectivity index (χ2v) is 6.13. The van der Waals surface area contributed by atoms with Crippen molar-refractivity contribution >= 4 is 17.0 Å². The average Bonchev–Trinajstić information content (AvgIpc) is 2.72. The van der Waals surface area contributed by atoms with Gasteiger partial charge >= 0.3 is 0 Å². The molecule has 0 unspecified atom stereocenters. The standard InChI is InChI=1S/C24H21N3/c1-2-19(11-7-6-9-18-10-8-14-27-17-18)22-15-21(16-23(25)24(22)26)20-12-4-3-5-13-20/h2-8,10-17,25-26H,1,9H2/b7-6-,19-11+,25-23?,26-24?. The van der Waals surface area contributed by atoms with Crippen LogP contribution in [-0.4, -0.2) is 16.4 Å². The van der Waals surface area contributed by atoms with Crippen molar-refractivity contribution < 1.29 is 0 Å². The first-order valence-corrected chi connectivity index (χ1v) is 8.74. The molecule has 3 heteroatoms. The van der Waals surface area contributed by atoms with Crippen molar-refractivity contribution in [1.29, 1.82) is 10.8 Å². The third-order valence-corrected chi connectivity index (χ3v) is 4.26. The number of aromatic nitrogens is 1. The Labute approximate surface area is 159 Å². The van der Waals surface area contributed by atoms with Crippen molar-refractivity contribution in [3.63, 3.8) is 0 Å². The number of pyridine rings is 1. The van der Waals surface area contributed by atoms with E-state index in [0.29, 0.717) is 5.57 Å². The maximum atomic E-state index is 8.29. The lowest BCUT2D eigenvalue weighted by Gasteiger charge is -2.17. The fraction of sp³-hybridized carbons (Fsp3) is 0.0417. The van der Waals surface area contributed by atoms with Gasteiger partial charge in [0.05, 0.1) is 11.4 Å². The van der Waals surface area contributed by atoms with Crippen LogP contribution < -0.4 is 0 Å². The molecule has 0 atom stereocenters. The molecule has 0 bridgehead atoms. The molecule has 2 aromatic rings. The molecule has 0 fully saturated rings. The summed E-state index contributed by atoms with van der Waals surface area (Å²) in [4.78, 5) is 4.11. The van der Waals surface area contributed by atoms with Crippen molar-refractivity contribution in [2.45, 2.75) is 6.42 Å². The Morgan fingerprint density at radius 2 is 1.85 bits per heavy atom. The lowest BCUT2D eigenvalue weighted by molar-refractivity contribution is 1.19. The van der Waals surface area contributed by atoms with E-state index >= 15 is 0 Å². The zero-order valence-corrected chi connectivity index (χ0v) is 15.0. The van der Waals surface area contributed by atoms with Crippen LogP contribution in [0.4, 0.5) is 0 Å². The Kier molecular flexibility index (Phi) is 5.85. The van der Waals surface area contributed by atoms with Crippen LogP contribution in [-0.2, 0) is 6.42 Å². The normalized spacial score (nSPS) is 14.9. The van der Waals surface area contributed by atoms with E-state index in [1.54, 1.807) is 18.3 Å². The molecule has 0 amide bonds. The lowest BCUT2D eigenvalue weighted by Crippen LogP contribution is -2.17. The fourth-order valence-electron chi connectivity index (χ4n) is 2.83. The van der Waals surface area contributed by atoms with Gasteiger partial charge in [-0.3, -0.25) is 15.8 Å². The molecule has 27 heavy (non-hydrogen) atoms. The van der Waals surface area contributed by atoms with Gasteiger partial charge in [-0.1, -0.05) is 67.3 Å². The number of nitrogens with zero attached hydrogens (tertiary/aromatic N) is 1. The Morgan fingerprint density at radius 1 is 1.04 bits per heavy atom. The molecule has 3 rings (SSSR count). The molecular weight excluding hydrogens is 330 g/mol. The fourth-order valence-corrected chi connectivity index (χ4v) is 2.83. The first-order chi connectivity index (χ1) is 13.2. The van der Waals surface area contributed by atoms with Crippen LogP contribution in [0.25, 0.3) is 5.57 Å². The summed E-state index contributed by atoms with van der Waals surface area (Å²) in [6.45, 7) is 3.89. The highest BCUT2D eigenvalue weighted by atomic mass is 14.6. The van der Waals surface area contributed by atoms with Gasteiger partial charge in [0.2, 0.25) is 0 Å². The zero-order chi connectivity index (χ0) is 19.1. The Hall–Kier alpha value is -3.59. The van der Waals surface area contributed by atoms with Crippen molar-refractivity contribution in [2.75, 3.05) is 0 Å². The highest BCUT2D eigenvalue weighted by Crippen LogP contribution is 2.26. The van der Waals surface area contributed by atoms with Crippen LogP contribution in [0.5, 0.6) is 0 Å². The van der Waals surface area contributed by atoms with E-state index in [0.717, 1.165) is 28.7 Å².